The average molecular weight is 386 g/mol. The quantitative estimate of drug-likeness (QED) is 0.778. The molecule has 4 rings (SSSR count). The topological polar surface area (TPSA) is 83.0 Å². The summed E-state index contributed by atoms with van der Waals surface area (Å²) in [6.45, 7) is 3.51. The number of aromatic nitrogens is 1. The Bertz CT molecular complexity index is 756. The molecular weight excluding hydrogens is 360 g/mol. The summed E-state index contributed by atoms with van der Waals surface area (Å²) in [5, 5.41) is 0. The van der Waals surface area contributed by atoms with Gasteiger partial charge in [0, 0.05) is 50.4 Å². The molecule has 1 atom stereocenters. The zero-order valence-corrected chi connectivity index (χ0v) is 16.0. The lowest BCUT2D eigenvalue weighted by molar-refractivity contribution is -0.143. The van der Waals surface area contributed by atoms with Crippen LogP contribution in [0.5, 0.6) is 0 Å². The van der Waals surface area contributed by atoms with E-state index in [9.17, 15) is 14.4 Å². The Kier molecular flexibility index (Phi) is 5.19. The van der Waals surface area contributed by atoms with Gasteiger partial charge in [0.25, 0.3) is 0 Å². The maximum Gasteiger partial charge on any atom is 0.410 e. The van der Waals surface area contributed by atoms with Crippen molar-refractivity contribution >= 4 is 17.9 Å². The molecule has 0 aliphatic carbocycles. The minimum Gasteiger partial charge on any atom is -0.448 e. The minimum absolute atomic E-state index is 0.0319. The minimum atomic E-state index is -0.410. The maximum atomic E-state index is 12.8. The smallest absolute Gasteiger partial charge is 0.410 e. The molecule has 4 heterocycles. The Labute approximate surface area is 164 Å². The molecule has 1 spiro atoms. The lowest BCUT2D eigenvalue weighted by atomic mass is 9.73. The number of ether oxygens (including phenoxy) is 1. The molecule has 3 aliphatic heterocycles. The second-order valence-corrected chi connectivity index (χ2v) is 8.06. The van der Waals surface area contributed by atoms with Crippen molar-refractivity contribution in [3.63, 3.8) is 0 Å². The van der Waals surface area contributed by atoms with Crippen molar-refractivity contribution in [3.05, 3.63) is 30.1 Å². The fourth-order valence-electron chi connectivity index (χ4n) is 4.54. The number of pyridine rings is 1. The van der Waals surface area contributed by atoms with E-state index in [1.165, 1.54) is 4.90 Å². The van der Waals surface area contributed by atoms with Crippen molar-refractivity contribution in [1.82, 2.24) is 19.7 Å². The lowest BCUT2D eigenvalue weighted by Crippen LogP contribution is -2.56. The number of cyclic esters (lactones) is 1. The molecule has 8 heteroatoms. The molecule has 28 heavy (non-hydrogen) atoms. The lowest BCUT2D eigenvalue weighted by Gasteiger charge is -2.48. The molecule has 0 radical (unpaired) electrons. The Hall–Kier alpha value is -2.64. The molecule has 0 aromatic carbocycles. The van der Waals surface area contributed by atoms with Crippen molar-refractivity contribution in [1.29, 1.82) is 0 Å². The summed E-state index contributed by atoms with van der Waals surface area (Å²) < 4.78 is 4.91. The van der Waals surface area contributed by atoms with E-state index in [2.05, 4.69) is 4.98 Å². The molecule has 0 saturated carbocycles. The van der Waals surface area contributed by atoms with E-state index >= 15 is 0 Å². The Balaban J connectivity index is 1.41. The van der Waals surface area contributed by atoms with Crippen molar-refractivity contribution in [3.8, 4) is 0 Å². The standard InChI is InChI=1S/C20H26N4O4/c25-17-2-6-20(15-24(17)12-16-3-7-21-8-4-16)5-1-9-23(14-20)18(26)13-22-10-11-28-19(22)27/h3-4,7-8H,1-2,5-6,9-15H2. The van der Waals surface area contributed by atoms with Gasteiger partial charge in [-0.15, -0.1) is 0 Å². The van der Waals surface area contributed by atoms with Crippen LogP contribution in [-0.2, 0) is 20.9 Å². The third-order valence-electron chi connectivity index (χ3n) is 6.06. The van der Waals surface area contributed by atoms with E-state index in [0.717, 1.165) is 24.8 Å². The van der Waals surface area contributed by atoms with Crippen LogP contribution >= 0.6 is 0 Å². The number of nitrogens with zero attached hydrogens (tertiary/aromatic N) is 4. The first-order valence-corrected chi connectivity index (χ1v) is 9.91. The molecule has 1 unspecified atom stereocenters. The van der Waals surface area contributed by atoms with Crippen LogP contribution in [0.2, 0.25) is 0 Å². The van der Waals surface area contributed by atoms with Crippen LogP contribution in [0.4, 0.5) is 4.79 Å². The second-order valence-electron chi connectivity index (χ2n) is 8.06. The molecule has 3 fully saturated rings. The van der Waals surface area contributed by atoms with Gasteiger partial charge >= 0.3 is 6.09 Å². The number of carbonyl (C=O) groups excluding carboxylic acids is 3. The van der Waals surface area contributed by atoms with Gasteiger partial charge in [-0.25, -0.2) is 4.79 Å². The summed E-state index contributed by atoms with van der Waals surface area (Å²) in [6.07, 6.45) is 6.34. The summed E-state index contributed by atoms with van der Waals surface area (Å²) >= 11 is 0. The van der Waals surface area contributed by atoms with Gasteiger partial charge in [-0.3, -0.25) is 19.5 Å². The fraction of sp³-hybridized carbons (Fsp3) is 0.600. The van der Waals surface area contributed by atoms with Crippen LogP contribution in [0, 0.1) is 5.41 Å². The third kappa shape index (κ3) is 3.95. The van der Waals surface area contributed by atoms with Crippen LogP contribution in [0.25, 0.3) is 0 Å². The first kappa shape index (κ1) is 18.7. The van der Waals surface area contributed by atoms with Gasteiger partial charge in [0.05, 0.1) is 6.54 Å². The van der Waals surface area contributed by atoms with Crippen molar-refractivity contribution < 1.29 is 19.1 Å². The van der Waals surface area contributed by atoms with Crippen LogP contribution in [0.1, 0.15) is 31.2 Å². The molecule has 1 aromatic heterocycles. The first-order valence-electron chi connectivity index (χ1n) is 9.91. The zero-order chi connectivity index (χ0) is 19.6. The maximum absolute atomic E-state index is 12.8. The molecular formula is C20H26N4O4. The number of hydrogen-bond donors (Lipinski definition) is 0. The molecule has 1 aromatic rings. The number of hydrogen-bond acceptors (Lipinski definition) is 5. The molecule has 150 valence electrons. The highest BCUT2D eigenvalue weighted by Gasteiger charge is 2.43. The summed E-state index contributed by atoms with van der Waals surface area (Å²) in [6, 6.07) is 3.86. The van der Waals surface area contributed by atoms with Gasteiger partial charge in [-0.2, -0.15) is 0 Å². The number of piperidine rings is 2. The highest BCUT2D eigenvalue weighted by Crippen LogP contribution is 2.39. The average Bonchev–Trinajstić information content (AvgIpc) is 3.10. The monoisotopic (exact) mass is 386 g/mol. The summed E-state index contributed by atoms with van der Waals surface area (Å²) in [5.41, 5.74) is 1.01. The van der Waals surface area contributed by atoms with Gasteiger partial charge in [-0.1, -0.05) is 0 Å². The van der Waals surface area contributed by atoms with Crippen LogP contribution in [-0.4, -0.2) is 76.9 Å². The van der Waals surface area contributed by atoms with Gasteiger partial charge in [0.2, 0.25) is 11.8 Å². The molecule has 0 bridgehead atoms. The molecule has 0 N–H and O–H groups in total. The first-order chi connectivity index (χ1) is 13.5. The van der Waals surface area contributed by atoms with Crippen LogP contribution in [0.3, 0.4) is 0 Å². The number of rotatable bonds is 4. The highest BCUT2D eigenvalue weighted by molar-refractivity contribution is 5.83. The number of amides is 3. The highest BCUT2D eigenvalue weighted by atomic mass is 16.6. The number of carbonyl (C=O) groups is 3. The Morgan fingerprint density at radius 3 is 2.68 bits per heavy atom. The molecule has 3 amide bonds. The van der Waals surface area contributed by atoms with Crippen molar-refractivity contribution in [2.75, 3.05) is 39.3 Å². The largest absolute Gasteiger partial charge is 0.448 e. The predicted molar refractivity (Wildman–Crippen MR) is 100 cm³/mol. The molecule has 3 aliphatic rings. The normalized spacial score (nSPS) is 25.4. The SMILES string of the molecule is O=C(CN1CCOC1=O)N1CCCC2(CCC(=O)N(Cc3ccncc3)C2)C1. The van der Waals surface area contributed by atoms with Crippen LogP contribution < -0.4 is 0 Å². The van der Waals surface area contributed by atoms with E-state index in [1.807, 2.05) is 21.9 Å². The van der Waals surface area contributed by atoms with E-state index in [0.29, 0.717) is 45.8 Å². The molecule has 3 saturated heterocycles. The fourth-order valence-corrected chi connectivity index (χ4v) is 4.54. The van der Waals surface area contributed by atoms with Crippen molar-refractivity contribution in [2.24, 2.45) is 5.41 Å². The van der Waals surface area contributed by atoms with Crippen molar-refractivity contribution in [2.45, 2.75) is 32.2 Å². The molecule has 8 nitrogen and oxygen atoms in total. The van der Waals surface area contributed by atoms with Gasteiger partial charge in [0.15, 0.2) is 0 Å². The zero-order valence-electron chi connectivity index (χ0n) is 16.0. The summed E-state index contributed by atoms with van der Waals surface area (Å²) in [7, 11) is 0. The second kappa shape index (κ2) is 7.77. The predicted octanol–water partition coefficient (Wildman–Crippen LogP) is 1.26. The van der Waals surface area contributed by atoms with E-state index in [4.69, 9.17) is 4.74 Å². The van der Waals surface area contributed by atoms with Gasteiger partial charge in [0.1, 0.15) is 13.2 Å². The third-order valence-corrected chi connectivity index (χ3v) is 6.06. The van der Waals surface area contributed by atoms with Crippen LogP contribution in [0.15, 0.2) is 24.5 Å². The van der Waals surface area contributed by atoms with Gasteiger partial charge in [-0.05, 0) is 37.0 Å². The van der Waals surface area contributed by atoms with E-state index in [-0.39, 0.29) is 23.8 Å². The van der Waals surface area contributed by atoms with E-state index in [1.54, 1.807) is 12.4 Å². The summed E-state index contributed by atoms with van der Waals surface area (Å²) in [4.78, 5) is 46.1. The van der Waals surface area contributed by atoms with E-state index < -0.39 is 6.09 Å². The Morgan fingerprint density at radius 2 is 1.93 bits per heavy atom. The number of likely N-dealkylation sites (tertiary alicyclic amines) is 2. The summed E-state index contributed by atoms with van der Waals surface area (Å²) in [5.74, 6) is 0.140. The van der Waals surface area contributed by atoms with Gasteiger partial charge < -0.3 is 14.5 Å². The Morgan fingerprint density at radius 1 is 1.11 bits per heavy atom.